The first-order valence-corrected chi connectivity index (χ1v) is 6.68. The molecule has 0 heterocycles. The molecule has 2 N–H and O–H groups in total. The van der Waals surface area contributed by atoms with Crippen LogP contribution >= 0.6 is 0 Å². The smallest absolute Gasteiger partial charge is 0.188 e. The lowest BCUT2D eigenvalue weighted by Gasteiger charge is -2.06. The van der Waals surface area contributed by atoms with Crippen LogP contribution in [0.4, 0.5) is 0 Å². The Balaban J connectivity index is 1.86. The van der Waals surface area contributed by atoms with Crippen molar-refractivity contribution >= 4 is 5.78 Å². The Kier molecular flexibility index (Phi) is 5.04. The summed E-state index contributed by atoms with van der Waals surface area (Å²) in [6.45, 7) is 3.21. The molecule has 0 fully saturated rings. The molecule has 2 aromatic carbocycles. The second kappa shape index (κ2) is 6.98. The molecule has 0 radical (unpaired) electrons. The molecule has 0 aliphatic carbocycles. The van der Waals surface area contributed by atoms with Crippen LogP contribution in [0, 0.1) is 6.92 Å². The summed E-state index contributed by atoms with van der Waals surface area (Å²) in [5.41, 5.74) is 4.19. The molecule has 2 rings (SSSR count). The fraction of sp³-hybridized carbons (Fsp3) is 0.235. The van der Waals surface area contributed by atoms with Crippen LogP contribution in [0.25, 0.3) is 0 Å². The molecule has 0 bridgehead atoms. The van der Waals surface area contributed by atoms with Crippen molar-refractivity contribution in [3.8, 4) is 0 Å². The number of aliphatic hydroxyl groups is 1. The van der Waals surface area contributed by atoms with E-state index in [1.807, 2.05) is 12.1 Å². The van der Waals surface area contributed by atoms with Crippen LogP contribution in [0.5, 0.6) is 0 Å². The van der Waals surface area contributed by atoms with Crippen molar-refractivity contribution in [1.29, 1.82) is 0 Å². The maximum absolute atomic E-state index is 11.3. The van der Waals surface area contributed by atoms with Crippen LogP contribution < -0.4 is 5.32 Å². The summed E-state index contributed by atoms with van der Waals surface area (Å²) in [6.07, 6.45) is 0. The highest BCUT2D eigenvalue weighted by Gasteiger charge is 2.03. The molecule has 0 aliphatic rings. The van der Waals surface area contributed by atoms with Gasteiger partial charge in [0.1, 0.15) is 6.61 Å². The van der Waals surface area contributed by atoms with E-state index in [9.17, 15) is 4.79 Å². The Morgan fingerprint density at radius 3 is 2.40 bits per heavy atom. The van der Waals surface area contributed by atoms with E-state index in [1.54, 1.807) is 12.1 Å². The van der Waals surface area contributed by atoms with Crippen LogP contribution in [0.1, 0.15) is 27.0 Å². The van der Waals surface area contributed by atoms with Crippen molar-refractivity contribution in [2.24, 2.45) is 0 Å². The normalized spacial score (nSPS) is 10.5. The number of aliphatic hydroxyl groups excluding tert-OH is 1. The maximum atomic E-state index is 11.3. The van der Waals surface area contributed by atoms with Gasteiger partial charge in [-0.25, -0.2) is 0 Å². The summed E-state index contributed by atoms with van der Waals surface area (Å²) in [6, 6.07) is 15.7. The van der Waals surface area contributed by atoms with E-state index in [0.717, 1.165) is 18.7 Å². The second-order valence-corrected chi connectivity index (χ2v) is 4.87. The van der Waals surface area contributed by atoms with E-state index in [1.165, 1.54) is 11.1 Å². The molecule has 0 amide bonds. The third kappa shape index (κ3) is 4.02. The quantitative estimate of drug-likeness (QED) is 0.792. The number of nitrogens with one attached hydrogen (secondary N) is 1. The van der Waals surface area contributed by atoms with Crippen LogP contribution in [-0.2, 0) is 13.1 Å². The third-order valence-electron chi connectivity index (χ3n) is 3.16. The number of Topliss-reactive ketones (excluding diaryl/α,β-unsaturated/α-hetero) is 1. The fourth-order valence-electron chi connectivity index (χ4n) is 2.07. The minimum Gasteiger partial charge on any atom is -0.388 e. The van der Waals surface area contributed by atoms with Crippen LogP contribution in [-0.4, -0.2) is 17.5 Å². The van der Waals surface area contributed by atoms with Gasteiger partial charge in [0.05, 0.1) is 0 Å². The zero-order valence-electron chi connectivity index (χ0n) is 11.6. The average Bonchev–Trinajstić information content (AvgIpc) is 2.47. The zero-order chi connectivity index (χ0) is 14.4. The summed E-state index contributed by atoms with van der Waals surface area (Å²) in [5.74, 6) is -0.246. The molecule has 3 nitrogen and oxygen atoms in total. The number of aryl methyl sites for hydroxylation is 1. The van der Waals surface area contributed by atoms with E-state index in [0.29, 0.717) is 5.56 Å². The molecule has 0 saturated carbocycles. The molecule has 3 heteroatoms. The molecular weight excluding hydrogens is 250 g/mol. The van der Waals surface area contributed by atoms with Crippen molar-refractivity contribution in [1.82, 2.24) is 5.32 Å². The van der Waals surface area contributed by atoms with Gasteiger partial charge in [-0.15, -0.1) is 0 Å². The van der Waals surface area contributed by atoms with Gasteiger partial charge in [-0.2, -0.15) is 0 Å². The molecule has 0 spiro atoms. The lowest BCUT2D eigenvalue weighted by atomic mass is 10.1. The van der Waals surface area contributed by atoms with Gasteiger partial charge in [0, 0.05) is 18.7 Å². The number of ketones is 1. The van der Waals surface area contributed by atoms with Crippen molar-refractivity contribution < 1.29 is 9.90 Å². The zero-order valence-corrected chi connectivity index (χ0v) is 11.6. The summed E-state index contributed by atoms with van der Waals surface area (Å²) < 4.78 is 0. The molecule has 0 atom stereocenters. The molecule has 2 aromatic rings. The highest BCUT2D eigenvalue weighted by molar-refractivity contribution is 5.96. The fourth-order valence-corrected chi connectivity index (χ4v) is 2.07. The number of carbonyl (C=O) groups excluding carboxylic acids is 1. The summed E-state index contributed by atoms with van der Waals surface area (Å²) in [5, 5.41) is 12.2. The van der Waals surface area contributed by atoms with E-state index in [4.69, 9.17) is 5.11 Å². The Bertz CT molecular complexity index is 576. The summed E-state index contributed by atoms with van der Waals surface area (Å²) in [7, 11) is 0. The molecule has 104 valence electrons. The lowest BCUT2D eigenvalue weighted by Crippen LogP contribution is -2.13. The monoisotopic (exact) mass is 269 g/mol. The van der Waals surface area contributed by atoms with Gasteiger partial charge in [0.15, 0.2) is 5.78 Å². The largest absolute Gasteiger partial charge is 0.388 e. The van der Waals surface area contributed by atoms with Crippen molar-refractivity contribution in [3.63, 3.8) is 0 Å². The van der Waals surface area contributed by atoms with Gasteiger partial charge < -0.3 is 10.4 Å². The third-order valence-corrected chi connectivity index (χ3v) is 3.16. The van der Waals surface area contributed by atoms with Crippen LogP contribution in [0.15, 0.2) is 48.5 Å². The summed E-state index contributed by atoms with van der Waals surface area (Å²) in [4.78, 5) is 11.3. The SMILES string of the molecule is Cc1cccc(CNCc2ccc(C(=O)CO)cc2)c1. The van der Waals surface area contributed by atoms with E-state index in [-0.39, 0.29) is 5.78 Å². The Labute approximate surface area is 119 Å². The number of hydrogen-bond acceptors (Lipinski definition) is 3. The van der Waals surface area contributed by atoms with Crippen molar-refractivity contribution in [2.75, 3.05) is 6.61 Å². The first kappa shape index (κ1) is 14.4. The predicted octanol–water partition coefficient (Wildman–Crippen LogP) is 2.46. The number of hydrogen-bond donors (Lipinski definition) is 2. The minimum absolute atomic E-state index is 0.246. The average molecular weight is 269 g/mol. The standard InChI is InChI=1S/C17H19NO2/c1-13-3-2-4-15(9-13)11-18-10-14-5-7-16(8-6-14)17(20)12-19/h2-9,18-19H,10-12H2,1H3. The van der Waals surface area contributed by atoms with Crippen LogP contribution in [0.2, 0.25) is 0 Å². The number of benzene rings is 2. The molecule has 0 saturated heterocycles. The molecule has 0 aliphatic heterocycles. The number of carbonyl (C=O) groups is 1. The van der Waals surface area contributed by atoms with Crippen LogP contribution in [0.3, 0.4) is 0 Å². The Morgan fingerprint density at radius 1 is 1.05 bits per heavy atom. The lowest BCUT2D eigenvalue weighted by molar-refractivity contribution is 0.0903. The molecular formula is C17H19NO2. The molecule has 0 aromatic heterocycles. The van der Waals surface area contributed by atoms with E-state index < -0.39 is 6.61 Å². The highest BCUT2D eigenvalue weighted by atomic mass is 16.3. The number of rotatable bonds is 6. The van der Waals surface area contributed by atoms with Gasteiger partial charge in [-0.1, -0.05) is 54.1 Å². The highest BCUT2D eigenvalue weighted by Crippen LogP contribution is 2.07. The molecule has 20 heavy (non-hydrogen) atoms. The minimum atomic E-state index is -0.440. The van der Waals surface area contributed by atoms with Gasteiger partial charge in [-0.05, 0) is 18.1 Å². The first-order chi connectivity index (χ1) is 9.69. The van der Waals surface area contributed by atoms with Gasteiger partial charge in [0.25, 0.3) is 0 Å². The van der Waals surface area contributed by atoms with Crippen molar-refractivity contribution in [3.05, 3.63) is 70.8 Å². The van der Waals surface area contributed by atoms with Gasteiger partial charge in [0.2, 0.25) is 0 Å². The second-order valence-electron chi connectivity index (χ2n) is 4.87. The Morgan fingerprint density at radius 2 is 1.75 bits per heavy atom. The van der Waals surface area contributed by atoms with Gasteiger partial charge >= 0.3 is 0 Å². The topological polar surface area (TPSA) is 49.3 Å². The van der Waals surface area contributed by atoms with E-state index >= 15 is 0 Å². The van der Waals surface area contributed by atoms with Gasteiger partial charge in [-0.3, -0.25) is 4.79 Å². The Hall–Kier alpha value is -1.97. The first-order valence-electron chi connectivity index (χ1n) is 6.68. The predicted molar refractivity (Wildman–Crippen MR) is 79.6 cm³/mol. The maximum Gasteiger partial charge on any atom is 0.188 e. The van der Waals surface area contributed by atoms with E-state index in [2.05, 4.69) is 36.5 Å². The summed E-state index contributed by atoms with van der Waals surface area (Å²) >= 11 is 0. The van der Waals surface area contributed by atoms with Crippen molar-refractivity contribution in [2.45, 2.75) is 20.0 Å². The molecule has 0 unspecified atom stereocenters.